The highest BCUT2D eigenvalue weighted by molar-refractivity contribution is 9.10. The van der Waals surface area contributed by atoms with E-state index in [2.05, 4.69) is 79.1 Å². The molecule has 3 heteroatoms. The second-order valence-corrected chi connectivity index (χ2v) is 7.05. The molecule has 1 N–H and O–H groups in total. The molecule has 0 bridgehead atoms. The minimum absolute atomic E-state index is 0.289. The summed E-state index contributed by atoms with van der Waals surface area (Å²) in [5.41, 5.74) is 2.92. The smallest absolute Gasteiger partial charge is 0.0423 e. The highest BCUT2D eigenvalue weighted by Crippen LogP contribution is 2.30. The van der Waals surface area contributed by atoms with Gasteiger partial charge >= 0.3 is 0 Å². The van der Waals surface area contributed by atoms with Gasteiger partial charge in [-0.15, -0.1) is 0 Å². The zero-order valence-corrected chi connectivity index (χ0v) is 13.9. The summed E-state index contributed by atoms with van der Waals surface area (Å²) in [4.78, 5) is 2.34. The Kier molecular flexibility index (Phi) is 5.23. The monoisotopic (exact) mass is 312 g/mol. The van der Waals surface area contributed by atoms with Crippen LogP contribution in [-0.4, -0.2) is 20.6 Å². The largest absolute Gasteiger partial charge is 0.374 e. The molecule has 0 heterocycles. The van der Waals surface area contributed by atoms with Crippen molar-refractivity contribution in [2.45, 2.75) is 33.7 Å². The van der Waals surface area contributed by atoms with Gasteiger partial charge in [0.2, 0.25) is 0 Å². The number of hydrogen-bond donors (Lipinski definition) is 1. The van der Waals surface area contributed by atoms with Crippen LogP contribution >= 0.6 is 15.9 Å². The van der Waals surface area contributed by atoms with E-state index in [4.69, 9.17) is 0 Å². The molecule has 1 aromatic carbocycles. The molecule has 1 aromatic rings. The molecule has 0 fully saturated rings. The van der Waals surface area contributed by atoms with Crippen LogP contribution < -0.4 is 10.2 Å². The van der Waals surface area contributed by atoms with Gasteiger partial charge in [-0.1, -0.05) is 42.8 Å². The average molecular weight is 313 g/mol. The van der Waals surface area contributed by atoms with E-state index in [0.717, 1.165) is 11.0 Å². The van der Waals surface area contributed by atoms with Gasteiger partial charge in [0.1, 0.15) is 0 Å². The lowest BCUT2D eigenvalue weighted by Crippen LogP contribution is -2.30. The Morgan fingerprint density at radius 3 is 2.44 bits per heavy atom. The van der Waals surface area contributed by atoms with Crippen molar-refractivity contribution in [1.29, 1.82) is 0 Å². The Balaban J connectivity index is 3.08. The van der Waals surface area contributed by atoms with Crippen molar-refractivity contribution >= 4 is 21.6 Å². The van der Waals surface area contributed by atoms with Gasteiger partial charge in [0.05, 0.1) is 0 Å². The molecule has 0 aliphatic rings. The molecule has 0 radical (unpaired) electrons. The molecule has 0 aromatic heterocycles. The number of anilines is 1. The highest BCUT2D eigenvalue weighted by atomic mass is 79.9. The lowest BCUT2D eigenvalue weighted by atomic mass is 9.95. The topological polar surface area (TPSA) is 15.3 Å². The van der Waals surface area contributed by atoms with Crippen molar-refractivity contribution in [2.75, 3.05) is 25.5 Å². The number of nitrogens with zero attached hydrogens (tertiary/aromatic N) is 1. The molecule has 1 rings (SSSR count). The minimum atomic E-state index is 0.289. The van der Waals surface area contributed by atoms with Gasteiger partial charge in [0, 0.05) is 29.8 Å². The lowest BCUT2D eigenvalue weighted by Gasteiger charge is -2.31. The van der Waals surface area contributed by atoms with Gasteiger partial charge in [-0.2, -0.15) is 0 Å². The zero-order valence-electron chi connectivity index (χ0n) is 12.3. The molecule has 18 heavy (non-hydrogen) atoms. The maximum atomic E-state index is 3.57. The van der Waals surface area contributed by atoms with Gasteiger partial charge in [-0.05, 0) is 37.1 Å². The molecule has 0 spiro atoms. The predicted octanol–water partition coefficient (Wildman–Crippen LogP) is 4.21. The van der Waals surface area contributed by atoms with E-state index in [-0.39, 0.29) is 5.41 Å². The van der Waals surface area contributed by atoms with Crippen molar-refractivity contribution in [3.05, 3.63) is 28.2 Å². The molecule has 0 saturated heterocycles. The Morgan fingerprint density at radius 1 is 1.33 bits per heavy atom. The standard InChI is InChI=1S/C15H25BrN2/c1-11(17-5)13-8-7-12(16)9-14(13)18(6)10-15(2,3)4/h7-9,11,17H,10H2,1-6H3. The van der Waals surface area contributed by atoms with Crippen LogP contribution in [0.2, 0.25) is 0 Å². The van der Waals surface area contributed by atoms with Gasteiger partial charge in [0.25, 0.3) is 0 Å². The fraction of sp³-hybridized carbons (Fsp3) is 0.600. The van der Waals surface area contributed by atoms with Crippen LogP contribution in [0.1, 0.15) is 39.3 Å². The summed E-state index contributed by atoms with van der Waals surface area (Å²) in [5, 5.41) is 3.32. The summed E-state index contributed by atoms with van der Waals surface area (Å²) in [6.45, 7) is 10.0. The fourth-order valence-corrected chi connectivity index (χ4v) is 2.51. The van der Waals surface area contributed by atoms with Crippen LogP contribution in [0.3, 0.4) is 0 Å². The van der Waals surface area contributed by atoms with E-state index >= 15 is 0 Å². The third-order valence-corrected chi connectivity index (χ3v) is 3.51. The summed E-state index contributed by atoms with van der Waals surface area (Å²) in [6.07, 6.45) is 0. The van der Waals surface area contributed by atoms with Crippen LogP contribution in [0, 0.1) is 5.41 Å². The van der Waals surface area contributed by atoms with Crippen LogP contribution in [0.5, 0.6) is 0 Å². The van der Waals surface area contributed by atoms with Gasteiger partial charge in [-0.25, -0.2) is 0 Å². The second-order valence-electron chi connectivity index (χ2n) is 6.13. The summed E-state index contributed by atoms with van der Waals surface area (Å²) < 4.78 is 1.13. The van der Waals surface area contributed by atoms with Gasteiger partial charge in [0.15, 0.2) is 0 Å². The molecule has 0 saturated carbocycles. The van der Waals surface area contributed by atoms with Crippen LogP contribution in [0.15, 0.2) is 22.7 Å². The molecule has 0 aliphatic heterocycles. The quantitative estimate of drug-likeness (QED) is 0.895. The first-order chi connectivity index (χ1) is 8.24. The van der Waals surface area contributed by atoms with E-state index in [9.17, 15) is 0 Å². The maximum absolute atomic E-state index is 3.57. The zero-order chi connectivity index (χ0) is 13.9. The fourth-order valence-electron chi connectivity index (χ4n) is 2.17. The van der Waals surface area contributed by atoms with E-state index in [1.165, 1.54) is 11.3 Å². The van der Waals surface area contributed by atoms with Crippen molar-refractivity contribution in [1.82, 2.24) is 5.32 Å². The summed E-state index contributed by atoms with van der Waals surface area (Å²) >= 11 is 3.57. The molecule has 102 valence electrons. The molecular weight excluding hydrogens is 288 g/mol. The van der Waals surface area contributed by atoms with E-state index in [1.807, 2.05) is 7.05 Å². The predicted molar refractivity (Wildman–Crippen MR) is 84.3 cm³/mol. The Morgan fingerprint density at radius 2 is 1.94 bits per heavy atom. The third kappa shape index (κ3) is 4.29. The molecule has 1 atom stereocenters. The lowest BCUT2D eigenvalue weighted by molar-refractivity contribution is 0.418. The van der Waals surface area contributed by atoms with E-state index < -0.39 is 0 Å². The van der Waals surface area contributed by atoms with Crippen molar-refractivity contribution in [3.63, 3.8) is 0 Å². The summed E-state index contributed by atoms with van der Waals surface area (Å²) in [5.74, 6) is 0. The average Bonchev–Trinajstić information content (AvgIpc) is 2.25. The van der Waals surface area contributed by atoms with Crippen molar-refractivity contribution in [2.24, 2.45) is 5.41 Å². The molecular formula is C15H25BrN2. The number of hydrogen-bond acceptors (Lipinski definition) is 2. The number of nitrogens with one attached hydrogen (secondary N) is 1. The number of halogens is 1. The summed E-state index contributed by atoms with van der Waals surface area (Å²) in [6, 6.07) is 6.86. The van der Waals surface area contributed by atoms with Crippen LogP contribution in [0.4, 0.5) is 5.69 Å². The number of benzene rings is 1. The van der Waals surface area contributed by atoms with Crippen LogP contribution in [0.25, 0.3) is 0 Å². The van der Waals surface area contributed by atoms with E-state index in [1.54, 1.807) is 0 Å². The first-order valence-corrected chi connectivity index (χ1v) is 7.22. The highest BCUT2D eigenvalue weighted by Gasteiger charge is 2.18. The Labute approximate surface area is 120 Å². The maximum Gasteiger partial charge on any atom is 0.0423 e. The first kappa shape index (κ1) is 15.5. The van der Waals surface area contributed by atoms with Crippen molar-refractivity contribution in [3.8, 4) is 0 Å². The van der Waals surface area contributed by atoms with Crippen LogP contribution in [-0.2, 0) is 0 Å². The third-order valence-electron chi connectivity index (χ3n) is 3.01. The van der Waals surface area contributed by atoms with Gasteiger partial charge in [-0.3, -0.25) is 0 Å². The molecule has 2 nitrogen and oxygen atoms in total. The minimum Gasteiger partial charge on any atom is -0.374 e. The van der Waals surface area contributed by atoms with E-state index in [0.29, 0.717) is 6.04 Å². The Bertz CT molecular complexity index is 396. The second kappa shape index (κ2) is 6.07. The summed E-state index contributed by atoms with van der Waals surface area (Å²) in [7, 11) is 4.17. The SMILES string of the molecule is CNC(C)c1ccc(Br)cc1N(C)CC(C)(C)C. The molecule has 1 unspecified atom stereocenters. The molecule has 0 aliphatic carbocycles. The number of rotatable bonds is 4. The first-order valence-electron chi connectivity index (χ1n) is 6.42. The van der Waals surface area contributed by atoms with Gasteiger partial charge < -0.3 is 10.2 Å². The van der Waals surface area contributed by atoms with Crippen molar-refractivity contribution < 1.29 is 0 Å². The normalized spacial score (nSPS) is 13.5. The molecule has 0 amide bonds. The Hall–Kier alpha value is -0.540.